The molecule has 114 valence electrons. The summed E-state index contributed by atoms with van der Waals surface area (Å²) in [5.41, 5.74) is 1.83. The van der Waals surface area contributed by atoms with Gasteiger partial charge in [-0.05, 0) is 43.7 Å². The molecule has 0 radical (unpaired) electrons. The number of anilines is 1. The number of hydrogen-bond acceptors (Lipinski definition) is 3. The molecule has 1 amide bonds. The van der Waals surface area contributed by atoms with E-state index in [1.807, 2.05) is 50.2 Å². The number of carbonyl (C=O) groups is 1. The van der Waals surface area contributed by atoms with E-state index in [2.05, 4.69) is 21.2 Å². The van der Waals surface area contributed by atoms with Gasteiger partial charge >= 0.3 is 0 Å². The van der Waals surface area contributed by atoms with E-state index in [1.54, 1.807) is 6.07 Å². The van der Waals surface area contributed by atoms with Crippen molar-refractivity contribution in [2.24, 2.45) is 0 Å². The van der Waals surface area contributed by atoms with E-state index in [-0.39, 0.29) is 12.0 Å². The average molecular weight is 362 g/mol. The van der Waals surface area contributed by atoms with E-state index >= 15 is 0 Å². The third kappa shape index (κ3) is 2.95. The molecule has 0 saturated heterocycles. The van der Waals surface area contributed by atoms with Crippen molar-refractivity contribution in [3.63, 3.8) is 0 Å². The van der Waals surface area contributed by atoms with E-state index in [0.717, 1.165) is 15.7 Å². The van der Waals surface area contributed by atoms with Crippen molar-refractivity contribution >= 4 is 27.5 Å². The van der Waals surface area contributed by atoms with Gasteiger partial charge < -0.3 is 14.8 Å². The van der Waals surface area contributed by atoms with Crippen molar-refractivity contribution in [1.29, 1.82) is 0 Å². The van der Waals surface area contributed by atoms with Crippen LogP contribution < -0.4 is 14.8 Å². The Morgan fingerprint density at radius 3 is 2.50 bits per heavy atom. The summed E-state index contributed by atoms with van der Waals surface area (Å²) < 4.78 is 12.5. The minimum atomic E-state index is -0.685. The number of rotatable bonds is 2. The highest BCUT2D eigenvalue weighted by molar-refractivity contribution is 9.10. The highest BCUT2D eigenvalue weighted by Crippen LogP contribution is 2.33. The Balaban J connectivity index is 1.76. The van der Waals surface area contributed by atoms with Gasteiger partial charge in [-0.25, -0.2) is 0 Å². The molecule has 1 aliphatic rings. The van der Waals surface area contributed by atoms with Crippen LogP contribution in [0, 0.1) is 6.92 Å². The summed E-state index contributed by atoms with van der Waals surface area (Å²) in [6, 6.07) is 13.0. The first-order chi connectivity index (χ1) is 10.5. The van der Waals surface area contributed by atoms with Crippen LogP contribution in [0.4, 0.5) is 5.69 Å². The maximum atomic E-state index is 12.5. The van der Waals surface area contributed by atoms with Crippen LogP contribution in [0.2, 0.25) is 0 Å². The topological polar surface area (TPSA) is 47.6 Å². The number of hydrogen-bond donors (Lipinski definition) is 1. The maximum absolute atomic E-state index is 12.5. The minimum absolute atomic E-state index is 0.224. The number of halogens is 1. The van der Waals surface area contributed by atoms with Crippen LogP contribution in [0.25, 0.3) is 0 Å². The number of amides is 1. The lowest BCUT2D eigenvalue weighted by atomic mass is 10.1. The van der Waals surface area contributed by atoms with Gasteiger partial charge in [-0.2, -0.15) is 0 Å². The van der Waals surface area contributed by atoms with Crippen molar-refractivity contribution in [1.82, 2.24) is 0 Å². The number of para-hydroxylation sites is 2. The van der Waals surface area contributed by atoms with Gasteiger partial charge in [0.1, 0.15) is 6.10 Å². The molecule has 0 fully saturated rings. The molecule has 4 nitrogen and oxygen atoms in total. The van der Waals surface area contributed by atoms with E-state index in [9.17, 15) is 4.79 Å². The molecule has 0 aromatic heterocycles. The molecule has 2 atom stereocenters. The standard InChI is InChI=1S/C17H16BrNO3/c1-10-7-8-12(9-13(10)18)19-17(20)16-11(2)21-14-5-3-4-6-15(14)22-16/h3-9,11,16H,1-2H3,(H,19,20). The second kappa shape index (κ2) is 6.01. The lowest BCUT2D eigenvalue weighted by Gasteiger charge is -2.31. The van der Waals surface area contributed by atoms with Gasteiger partial charge in [-0.3, -0.25) is 4.79 Å². The quantitative estimate of drug-likeness (QED) is 0.881. The summed E-state index contributed by atoms with van der Waals surface area (Å²) in [4.78, 5) is 12.5. The summed E-state index contributed by atoms with van der Waals surface area (Å²) in [6.07, 6.45) is -1.04. The summed E-state index contributed by atoms with van der Waals surface area (Å²) in [5, 5.41) is 2.87. The van der Waals surface area contributed by atoms with Crippen LogP contribution in [-0.2, 0) is 4.79 Å². The molecular formula is C17H16BrNO3. The van der Waals surface area contributed by atoms with Gasteiger partial charge in [0, 0.05) is 10.2 Å². The number of benzene rings is 2. The van der Waals surface area contributed by atoms with Crippen molar-refractivity contribution in [2.45, 2.75) is 26.1 Å². The van der Waals surface area contributed by atoms with Crippen molar-refractivity contribution < 1.29 is 14.3 Å². The highest BCUT2D eigenvalue weighted by Gasteiger charge is 2.34. The molecule has 2 aromatic rings. The predicted octanol–water partition coefficient (Wildman–Crippen LogP) is 3.92. The Morgan fingerprint density at radius 1 is 1.14 bits per heavy atom. The minimum Gasteiger partial charge on any atom is -0.482 e. The first-order valence-corrected chi connectivity index (χ1v) is 7.83. The van der Waals surface area contributed by atoms with E-state index in [4.69, 9.17) is 9.47 Å². The third-order valence-corrected chi connectivity index (χ3v) is 4.39. The summed E-state index contributed by atoms with van der Waals surface area (Å²) in [7, 11) is 0. The molecule has 0 aliphatic carbocycles. The molecule has 3 rings (SSSR count). The molecule has 2 aromatic carbocycles. The monoisotopic (exact) mass is 361 g/mol. The van der Waals surface area contributed by atoms with Gasteiger partial charge in [0.2, 0.25) is 6.10 Å². The van der Waals surface area contributed by atoms with Crippen molar-refractivity contribution in [3.8, 4) is 11.5 Å². The fourth-order valence-corrected chi connectivity index (χ4v) is 2.67. The largest absolute Gasteiger partial charge is 0.482 e. The number of carbonyl (C=O) groups excluding carboxylic acids is 1. The van der Waals surface area contributed by atoms with E-state index in [0.29, 0.717) is 11.5 Å². The van der Waals surface area contributed by atoms with Gasteiger partial charge in [-0.15, -0.1) is 0 Å². The molecule has 2 unspecified atom stereocenters. The van der Waals surface area contributed by atoms with Crippen LogP contribution in [0.3, 0.4) is 0 Å². The molecule has 0 spiro atoms. The molecule has 1 aliphatic heterocycles. The molecule has 1 heterocycles. The van der Waals surface area contributed by atoms with Crippen LogP contribution in [0.1, 0.15) is 12.5 Å². The summed E-state index contributed by atoms with van der Waals surface area (Å²) in [5.74, 6) is 1.03. The van der Waals surface area contributed by atoms with Gasteiger partial charge in [0.15, 0.2) is 11.5 Å². The van der Waals surface area contributed by atoms with Crippen LogP contribution >= 0.6 is 15.9 Å². The summed E-state index contributed by atoms with van der Waals surface area (Å²) >= 11 is 3.46. The molecule has 0 saturated carbocycles. The Labute approximate surface area is 137 Å². The van der Waals surface area contributed by atoms with E-state index in [1.165, 1.54) is 0 Å². The molecule has 22 heavy (non-hydrogen) atoms. The van der Waals surface area contributed by atoms with Crippen molar-refractivity contribution in [2.75, 3.05) is 5.32 Å². The Morgan fingerprint density at radius 2 is 1.82 bits per heavy atom. The second-order valence-electron chi connectivity index (χ2n) is 5.26. The maximum Gasteiger partial charge on any atom is 0.269 e. The molecule has 5 heteroatoms. The van der Waals surface area contributed by atoms with E-state index < -0.39 is 6.10 Å². The zero-order valence-electron chi connectivity index (χ0n) is 12.3. The number of aryl methyl sites for hydroxylation is 1. The molecular weight excluding hydrogens is 346 g/mol. The Bertz CT molecular complexity index is 717. The fourth-order valence-electron chi connectivity index (χ4n) is 2.29. The average Bonchev–Trinajstić information content (AvgIpc) is 2.50. The van der Waals surface area contributed by atoms with Crippen LogP contribution in [0.5, 0.6) is 11.5 Å². The lowest BCUT2D eigenvalue weighted by molar-refractivity contribution is -0.128. The molecule has 0 bridgehead atoms. The van der Waals surface area contributed by atoms with Gasteiger partial charge in [0.05, 0.1) is 0 Å². The predicted molar refractivity (Wildman–Crippen MR) is 88.5 cm³/mol. The van der Waals surface area contributed by atoms with Gasteiger partial charge in [0.25, 0.3) is 5.91 Å². The van der Waals surface area contributed by atoms with Crippen LogP contribution in [0.15, 0.2) is 46.9 Å². The Kier molecular flexibility index (Phi) is 4.07. The highest BCUT2D eigenvalue weighted by atomic mass is 79.9. The zero-order valence-corrected chi connectivity index (χ0v) is 13.9. The smallest absolute Gasteiger partial charge is 0.269 e. The van der Waals surface area contributed by atoms with Gasteiger partial charge in [-0.1, -0.05) is 34.1 Å². The second-order valence-corrected chi connectivity index (χ2v) is 6.12. The normalized spacial score (nSPS) is 19.6. The first-order valence-electron chi connectivity index (χ1n) is 7.04. The first kappa shape index (κ1) is 14.9. The Hall–Kier alpha value is -2.01. The summed E-state index contributed by atoms with van der Waals surface area (Å²) in [6.45, 7) is 3.82. The fraction of sp³-hybridized carbons (Fsp3) is 0.235. The van der Waals surface area contributed by atoms with Crippen LogP contribution in [-0.4, -0.2) is 18.1 Å². The lowest BCUT2D eigenvalue weighted by Crippen LogP contribution is -2.46. The number of nitrogens with one attached hydrogen (secondary N) is 1. The third-order valence-electron chi connectivity index (χ3n) is 3.54. The number of fused-ring (bicyclic) bond motifs is 1. The number of ether oxygens (including phenoxy) is 2. The van der Waals surface area contributed by atoms with Crippen molar-refractivity contribution in [3.05, 3.63) is 52.5 Å². The zero-order chi connectivity index (χ0) is 15.7. The molecule has 1 N–H and O–H groups in total. The SMILES string of the molecule is Cc1ccc(NC(=O)C2Oc3ccccc3OC2C)cc1Br.